The summed E-state index contributed by atoms with van der Waals surface area (Å²) >= 11 is 6.77. The lowest BCUT2D eigenvalue weighted by Gasteiger charge is -2.11. The molecule has 0 aliphatic rings. The van der Waals surface area contributed by atoms with Crippen LogP contribution in [0.25, 0.3) is 0 Å². The molecule has 27 heavy (non-hydrogen) atoms. The maximum Gasteiger partial charge on any atom is 0.416 e. The first-order valence-electron chi connectivity index (χ1n) is 7.25. The van der Waals surface area contributed by atoms with Crippen LogP contribution in [0, 0.1) is 0 Å². The predicted octanol–water partition coefficient (Wildman–Crippen LogP) is 3.11. The first kappa shape index (κ1) is 19.2. The Hall–Kier alpha value is -2.60. The molecule has 3 aromatic rings. The maximum atomic E-state index is 12.7. The lowest BCUT2D eigenvalue weighted by atomic mass is 10.2. The number of rotatable bonds is 6. The van der Waals surface area contributed by atoms with Crippen LogP contribution in [0.1, 0.15) is 11.5 Å². The van der Waals surface area contributed by atoms with Gasteiger partial charge in [-0.2, -0.15) is 18.3 Å². The van der Waals surface area contributed by atoms with Crippen molar-refractivity contribution >= 4 is 35.0 Å². The SMILES string of the molecule is O=C(CSc1nnc(Cn2cncn2)o1)Nc1cc(C(F)(F)F)ccc1Cl. The number of nitrogens with one attached hydrogen (secondary N) is 1. The Kier molecular flexibility index (Phi) is 5.65. The third kappa shape index (κ3) is 5.20. The van der Waals surface area contributed by atoms with Gasteiger partial charge in [0.2, 0.25) is 11.8 Å². The molecule has 0 saturated heterocycles. The molecule has 0 saturated carbocycles. The summed E-state index contributed by atoms with van der Waals surface area (Å²) < 4.78 is 45.1. The van der Waals surface area contributed by atoms with Crippen molar-refractivity contribution in [3.8, 4) is 0 Å². The number of alkyl halides is 3. The van der Waals surface area contributed by atoms with Gasteiger partial charge in [0.05, 0.1) is 22.0 Å². The van der Waals surface area contributed by atoms with Gasteiger partial charge in [-0.15, -0.1) is 10.2 Å². The summed E-state index contributed by atoms with van der Waals surface area (Å²) in [5.74, 6) is -0.459. The smallest absolute Gasteiger partial charge is 0.414 e. The maximum absolute atomic E-state index is 12.7. The lowest BCUT2D eigenvalue weighted by molar-refractivity contribution is -0.137. The molecule has 0 aliphatic carbocycles. The number of hydrogen-bond donors (Lipinski definition) is 1. The van der Waals surface area contributed by atoms with E-state index in [4.69, 9.17) is 16.0 Å². The van der Waals surface area contributed by atoms with Crippen molar-refractivity contribution < 1.29 is 22.4 Å². The number of anilines is 1. The number of aromatic nitrogens is 5. The molecule has 0 bridgehead atoms. The molecule has 0 radical (unpaired) electrons. The highest BCUT2D eigenvalue weighted by atomic mass is 35.5. The Morgan fingerprint density at radius 2 is 2.15 bits per heavy atom. The molecule has 142 valence electrons. The van der Waals surface area contributed by atoms with Crippen LogP contribution in [0.5, 0.6) is 0 Å². The first-order chi connectivity index (χ1) is 12.8. The number of halogens is 4. The number of carbonyl (C=O) groups is 1. The quantitative estimate of drug-likeness (QED) is 0.614. The number of hydrogen-bond acceptors (Lipinski definition) is 7. The highest BCUT2D eigenvalue weighted by Gasteiger charge is 2.31. The fourth-order valence-corrected chi connectivity index (χ4v) is 2.67. The van der Waals surface area contributed by atoms with Crippen LogP contribution >= 0.6 is 23.4 Å². The van der Waals surface area contributed by atoms with Crippen molar-refractivity contribution in [2.24, 2.45) is 0 Å². The van der Waals surface area contributed by atoms with Crippen molar-refractivity contribution in [3.05, 3.63) is 47.3 Å². The third-order valence-corrected chi connectivity index (χ3v) is 4.25. The zero-order valence-electron chi connectivity index (χ0n) is 13.3. The Balaban J connectivity index is 1.56. The van der Waals surface area contributed by atoms with Crippen LogP contribution in [0.4, 0.5) is 18.9 Å². The second kappa shape index (κ2) is 7.96. The second-order valence-electron chi connectivity index (χ2n) is 5.08. The molecule has 0 aliphatic heterocycles. The molecule has 1 N–H and O–H groups in total. The Morgan fingerprint density at radius 1 is 1.33 bits per heavy atom. The van der Waals surface area contributed by atoms with E-state index in [0.29, 0.717) is 0 Å². The molecular formula is C14H10ClF3N6O2S. The minimum absolute atomic E-state index is 0.00532. The highest BCUT2D eigenvalue weighted by molar-refractivity contribution is 7.99. The van der Waals surface area contributed by atoms with E-state index in [0.717, 1.165) is 30.0 Å². The number of thioether (sulfide) groups is 1. The molecular weight excluding hydrogens is 409 g/mol. The van der Waals surface area contributed by atoms with Gasteiger partial charge in [0.15, 0.2) is 0 Å². The zero-order chi connectivity index (χ0) is 19.4. The van der Waals surface area contributed by atoms with Gasteiger partial charge in [-0.25, -0.2) is 9.67 Å². The monoisotopic (exact) mass is 418 g/mol. The summed E-state index contributed by atoms with van der Waals surface area (Å²) in [6, 6.07) is 2.68. The van der Waals surface area contributed by atoms with E-state index in [9.17, 15) is 18.0 Å². The van der Waals surface area contributed by atoms with Crippen LogP contribution in [-0.4, -0.2) is 36.6 Å². The van der Waals surface area contributed by atoms with Crippen LogP contribution in [0.2, 0.25) is 5.02 Å². The predicted molar refractivity (Wildman–Crippen MR) is 89.2 cm³/mol. The molecule has 2 aromatic heterocycles. The van der Waals surface area contributed by atoms with Gasteiger partial charge in [0, 0.05) is 0 Å². The van der Waals surface area contributed by atoms with E-state index in [-0.39, 0.29) is 34.1 Å². The highest BCUT2D eigenvalue weighted by Crippen LogP contribution is 2.33. The average Bonchev–Trinajstić information content (AvgIpc) is 3.26. The molecule has 0 unspecified atom stereocenters. The van der Waals surface area contributed by atoms with Crippen LogP contribution in [-0.2, 0) is 17.5 Å². The van der Waals surface area contributed by atoms with Gasteiger partial charge in [0.1, 0.15) is 19.2 Å². The summed E-state index contributed by atoms with van der Waals surface area (Å²) in [5.41, 5.74) is -1.04. The van der Waals surface area contributed by atoms with Gasteiger partial charge in [-0.3, -0.25) is 4.79 Å². The minimum Gasteiger partial charge on any atom is -0.414 e. The average molecular weight is 419 g/mol. The fourth-order valence-electron chi connectivity index (χ4n) is 1.92. The van der Waals surface area contributed by atoms with Crippen molar-refractivity contribution in [2.45, 2.75) is 17.9 Å². The molecule has 1 aromatic carbocycles. The summed E-state index contributed by atoms with van der Waals surface area (Å²) in [4.78, 5) is 15.8. The first-order valence-corrected chi connectivity index (χ1v) is 8.62. The molecule has 8 nitrogen and oxygen atoms in total. The molecule has 13 heteroatoms. The van der Waals surface area contributed by atoms with Gasteiger partial charge in [-0.1, -0.05) is 23.4 Å². The van der Waals surface area contributed by atoms with Crippen molar-refractivity contribution in [2.75, 3.05) is 11.1 Å². The fraction of sp³-hybridized carbons (Fsp3) is 0.214. The lowest BCUT2D eigenvalue weighted by Crippen LogP contribution is -2.15. The largest absolute Gasteiger partial charge is 0.416 e. The van der Waals surface area contributed by atoms with E-state index in [2.05, 4.69) is 25.6 Å². The van der Waals surface area contributed by atoms with Crippen LogP contribution < -0.4 is 5.32 Å². The topological polar surface area (TPSA) is 98.7 Å². The summed E-state index contributed by atoms with van der Waals surface area (Å²) in [6.45, 7) is 0.222. The summed E-state index contributed by atoms with van der Waals surface area (Å²) in [7, 11) is 0. The summed E-state index contributed by atoms with van der Waals surface area (Å²) in [6.07, 6.45) is -1.71. The van der Waals surface area contributed by atoms with E-state index in [1.54, 1.807) is 0 Å². The molecule has 0 fully saturated rings. The number of carbonyl (C=O) groups excluding carboxylic acids is 1. The summed E-state index contributed by atoms with van der Waals surface area (Å²) in [5, 5.41) is 13.9. The number of amides is 1. The Morgan fingerprint density at radius 3 is 2.85 bits per heavy atom. The Bertz CT molecular complexity index is 931. The normalized spacial score (nSPS) is 11.6. The van der Waals surface area contributed by atoms with E-state index in [1.807, 2.05) is 0 Å². The van der Waals surface area contributed by atoms with Gasteiger partial charge >= 0.3 is 6.18 Å². The van der Waals surface area contributed by atoms with Gasteiger partial charge in [-0.05, 0) is 18.2 Å². The third-order valence-electron chi connectivity index (χ3n) is 3.11. The van der Waals surface area contributed by atoms with E-state index >= 15 is 0 Å². The van der Waals surface area contributed by atoms with Gasteiger partial charge < -0.3 is 9.73 Å². The van der Waals surface area contributed by atoms with Crippen molar-refractivity contribution in [3.63, 3.8) is 0 Å². The van der Waals surface area contributed by atoms with E-state index < -0.39 is 17.6 Å². The molecule has 2 heterocycles. The number of nitrogens with zero attached hydrogens (tertiary/aromatic N) is 5. The standard InChI is InChI=1S/C14H10ClF3N6O2S/c15-9-2-1-8(14(16,17)18)3-10(9)21-11(25)5-27-13-23-22-12(26-13)4-24-7-19-6-20-24/h1-3,6-7H,4-5H2,(H,21,25). The van der Waals surface area contributed by atoms with Crippen molar-refractivity contribution in [1.82, 2.24) is 25.0 Å². The second-order valence-corrected chi connectivity index (χ2v) is 6.42. The molecule has 0 spiro atoms. The molecule has 1 amide bonds. The molecule has 0 atom stereocenters. The van der Waals surface area contributed by atoms with Crippen molar-refractivity contribution in [1.29, 1.82) is 0 Å². The minimum atomic E-state index is -4.54. The van der Waals surface area contributed by atoms with Crippen LogP contribution in [0.3, 0.4) is 0 Å². The van der Waals surface area contributed by atoms with Crippen LogP contribution in [0.15, 0.2) is 40.5 Å². The Labute approximate surface area is 159 Å². The zero-order valence-corrected chi connectivity index (χ0v) is 14.8. The number of benzene rings is 1. The van der Waals surface area contributed by atoms with Gasteiger partial charge in [0.25, 0.3) is 5.22 Å². The van der Waals surface area contributed by atoms with E-state index in [1.165, 1.54) is 17.3 Å². The molecule has 3 rings (SSSR count).